The second-order valence-corrected chi connectivity index (χ2v) is 5.60. The van der Waals surface area contributed by atoms with Gasteiger partial charge in [0.25, 0.3) is 0 Å². The van der Waals surface area contributed by atoms with Gasteiger partial charge in [-0.15, -0.1) is 0 Å². The van der Waals surface area contributed by atoms with Gasteiger partial charge in [-0.1, -0.05) is 17.8 Å². The van der Waals surface area contributed by atoms with Crippen LogP contribution < -0.4 is 14.8 Å². The summed E-state index contributed by atoms with van der Waals surface area (Å²) in [5.74, 6) is 0.974. The van der Waals surface area contributed by atoms with E-state index in [1.54, 1.807) is 0 Å². The zero-order valence-electron chi connectivity index (χ0n) is 12.5. The van der Waals surface area contributed by atoms with Crippen LogP contribution in [0.15, 0.2) is 34.5 Å². The number of hydrogen-bond acceptors (Lipinski definition) is 7. The SMILES string of the molecule is COC(=O)C1=C(C)NC(SC)=NC1c1ccc2c(c1)OCO2. The van der Waals surface area contributed by atoms with Gasteiger partial charge in [0.2, 0.25) is 6.79 Å². The summed E-state index contributed by atoms with van der Waals surface area (Å²) in [7, 11) is 1.37. The number of benzene rings is 1. The van der Waals surface area contributed by atoms with Crippen molar-refractivity contribution in [3.8, 4) is 11.5 Å². The fourth-order valence-corrected chi connectivity index (χ4v) is 2.92. The Balaban J connectivity index is 2.05. The number of nitrogens with one attached hydrogen (secondary N) is 1. The standard InChI is InChI=1S/C15H16N2O4S/c1-8-12(14(18)19-2)13(17-15(16-8)22-3)9-4-5-10-11(6-9)21-7-20-10/h4-6,13H,7H2,1-3H3,(H,16,17). The molecule has 1 atom stereocenters. The number of esters is 1. The van der Waals surface area contributed by atoms with Crippen LogP contribution in [-0.2, 0) is 9.53 Å². The van der Waals surface area contributed by atoms with E-state index in [1.165, 1.54) is 18.9 Å². The molecule has 0 aliphatic carbocycles. The van der Waals surface area contributed by atoms with Crippen LogP contribution in [0.4, 0.5) is 0 Å². The summed E-state index contributed by atoms with van der Waals surface area (Å²) in [6.07, 6.45) is 1.93. The lowest BCUT2D eigenvalue weighted by molar-refractivity contribution is -0.136. The molecule has 0 spiro atoms. The molecule has 0 aromatic heterocycles. The van der Waals surface area contributed by atoms with Crippen molar-refractivity contribution in [2.45, 2.75) is 13.0 Å². The third-order valence-electron chi connectivity index (χ3n) is 3.53. The minimum atomic E-state index is -0.425. The van der Waals surface area contributed by atoms with Gasteiger partial charge in [0, 0.05) is 5.70 Å². The predicted molar refractivity (Wildman–Crippen MR) is 84.1 cm³/mol. The topological polar surface area (TPSA) is 69.2 Å². The number of aliphatic imine (C=N–C) groups is 1. The molecule has 2 aliphatic heterocycles. The highest BCUT2D eigenvalue weighted by Gasteiger charge is 2.30. The van der Waals surface area contributed by atoms with Crippen molar-refractivity contribution in [1.82, 2.24) is 5.32 Å². The van der Waals surface area contributed by atoms with E-state index >= 15 is 0 Å². The largest absolute Gasteiger partial charge is 0.466 e. The number of methoxy groups -OCH3 is 1. The zero-order valence-corrected chi connectivity index (χ0v) is 13.3. The second kappa shape index (κ2) is 5.92. The lowest BCUT2D eigenvalue weighted by Crippen LogP contribution is -2.30. The molecule has 22 heavy (non-hydrogen) atoms. The van der Waals surface area contributed by atoms with Crippen molar-refractivity contribution in [2.75, 3.05) is 20.2 Å². The van der Waals surface area contributed by atoms with Gasteiger partial charge in [-0.3, -0.25) is 0 Å². The number of rotatable bonds is 2. The second-order valence-electron chi connectivity index (χ2n) is 4.81. The first-order valence-electron chi connectivity index (χ1n) is 6.71. The summed E-state index contributed by atoms with van der Waals surface area (Å²) in [5, 5.41) is 3.88. The smallest absolute Gasteiger partial charge is 0.338 e. The molecule has 0 radical (unpaired) electrons. The highest BCUT2D eigenvalue weighted by atomic mass is 32.2. The number of nitrogens with zero attached hydrogens (tertiary/aromatic N) is 1. The Kier molecular flexibility index (Phi) is 3.98. The molecule has 7 heteroatoms. The lowest BCUT2D eigenvalue weighted by atomic mass is 9.96. The Morgan fingerprint density at radius 1 is 1.41 bits per heavy atom. The van der Waals surface area contributed by atoms with Crippen molar-refractivity contribution in [1.29, 1.82) is 0 Å². The zero-order chi connectivity index (χ0) is 15.7. The van der Waals surface area contributed by atoms with Gasteiger partial charge in [0.1, 0.15) is 6.04 Å². The van der Waals surface area contributed by atoms with Crippen LogP contribution in [0.25, 0.3) is 0 Å². The van der Waals surface area contributed by atoms with Crippen LogP contribution >= 0.6 is 11.8 Å². The van der Waals surface area contributed by atoms with Crippen molar-refractivity contribution < 1.29 is 19.0 Å². The fourth-order valence-electron chi connectivity index (χ4n) is 2.45. The maximum absolute atomic E-state index is 12.1. The van der Waals surface area contributed by atoms with Gasteiger partial charge >= 0.3 is 5.97 Å². The quantitative estimate of drug-likeness (QED) is 0.843. The Morgan fingerprint density at radius 3 is 2.91 bits per heavy atom. The van der Waals surface area contributed by atoms with Gasteiger partial charge in [0.15, 0.2) is 16.7 Å². The molecular formula is C15H16N2O4S. The molecule has 3 rings (SSSR count). The number of carbonyl (C=O) groups excluding carboxylic acids is 1. The summed E-state index contributed by atoms with van der Waals surface area (Å²) >= 11 is 1.49. The van der Waals surface area contributed by atoms with E-state index in [0.29, 0.717) is 17.1 Å². The average molecular weight is 320 g/mol. The molecule has 0 amide bonds. The molecule has 1 unspecified atom stereocenters. The Bertz CT molecular complexity index is 684. The summed E-state index contributed by atoms with van der Waals surface area (Å²) < 4.78 is 15.6. The predicted octanol–water partition coefficient (Wildman–Crippen LogP) is 2.23. The third kappa shape index (κ3) is 2.52. The van der Waals surface area contributed by atoms with Crippen LogP contribution in [-0.4, -0.2) is 31.3 Å². The number of fused-ring (bicyclic) bond motifs is 1. The molecule has 0 saturated carbocycles. The van der Waals surface area contributed by atoms with E-state index in [1.807, 2.05) is 31.4 Å². The monoisotopic (exact) mass is 320 g/mol. The molecule has 6 nitrogen and oxygen atoms in total. The number of allylic oxidation sites excluding steroid dienone is 1. The number of thioether (sulfide) groups is 1. The van der Waals surface area contributed by atoms with Crippen molar-refractivity contribution in [2.24, 2.45) is 4.99 Å². The molecule has 1 aromatic rings. The first-order chi connectivity index (χ1) is 10.6. The molecule has 116 valence electrons. The fraction of sp³-hybridized carbons (Fsp3) is 0.333. The molecule has 1 aromatic carbocycles. The number of ether oxygens (including phenoxy) is 3. The van der Waals surface area contributed by atoms with Crippen LogP contribution in [0.2, 0.25) is 0 Å². The van der Waals surface area contributed by atoms with Gasteiger partial charge in [-0.05, 0) is 30.9 Å². The Labute approximate surface area is 132 Å². The molecule has 0 saturated heterocycles. The first kappa shape index (κ1) is 14.8. The minimum Gasteiger partial charge on any atom is -0.466 e. The van der Waals surface area contributed by atoms with E-state index in [0.717, 1.165) is 16.4 Å². The maximum Gasteiger partial charge on any atom is 0.338 e. The highest BCUT2D eigenvalue weighted by molar-refractivity contribution is 8.13. The molecule has 0 fully saturated rings. The van der Waals surface area contributed by atoms with E-state index in [-0.39, 0.29) is 6.79 Å². The van der Waals surface area contributed by atoms with Crippen molar-refractivity contribution in [3.05, 3.63) is 35.0 Å². The number of hydrogen-bond donors (Lipinski definition) is 1. The summed E-state index contributed by atoms with van der Waals surface area (Å²) in [4.78, 5) is 16.7. The van der Waals surface area contributed by atoms with Crippen LogP contribution in [0.1, 0.15) is 18.5 Å². The highest BCUT2D eigenvalue weighted by Crippen LogP contribution is 2.39. The third-order valence-corrected chi connectivity index (χ3v) is 4.12. The molecule has 1 N–H and O–H groups in total. The molecule has 2 aliphatic rings. The summed E-state index contributed by atoms with van der Waals surface area (Å²) in [5.41, 5.74) is 2.10. The van der Waals surface area contributed by atoms with Crippen molar-refractivity contribution >= 4 is 22.9 Å². The molecule has 2 heterocycles. The maximum atomic E-state index is 12.1. The van der Waals surface area contributed by atoms with Crippen LogP contribution in [0.5, 0.6) is 11.5 Å². The van der Waals surface area contributed by atoms with E-state index in [4.69, 9.17) is 14.2 Å². The van der Waals surface area contributed by atoms with E-state index in [2.05, 4.69) is 10.3 Å². The lowest BCUT2D eigenvalue weighted by Gasteiger charge is -2.25. The molecule has 0 bridgehead atoms. The summed E-state index contributed by atoms with van der Waals surface area (Å²) in [6, 6.07) is 5.15. The molecular weight excluding hydrogens is 304 g/mol. The Morgan fingerprint density at radius 2 is 2.18 bits per heavy atom. The van der Waals surface area contributed by atoms with Crippen LogP contribution in [0.3, 0.4) is 0 Å². The van der Waals surface area contributed by atoms with Gasteiger partial charge in [0.05, 0.1) is 12.7 Å². The van der Waals surface area contributed by atoms with E-state index in [9.17, 15) is 4.79 Å². The summed E-state index contributed by atoms with van der Waals surface area (Å²) in [6.45, 7) is 2.06. The number of amidine groups is 1. The average Bonchev–Trinajstić information content (AvgIpc) is 3.00. The van der Waals surface area contributed by atoms with Gasteiger partial charge < -0.3 is 19.5 Å². The minimum absolute atomic E-state index is 0.211. The van der Waals surface area contributed by atoms with Crippen molar-refractivity contribution in [3.63, 3.8) is 0 Å². The normalized spacial score (nSPS) is 19.6. The van der Waals surface area contributed by atoms with Gasteiger partial charge in [-0.2, -0.15) is 0 Å². The first-order valence-corrected chi connectivity index (χ1v) is 7.94. The van der Waals surface area contributed by atoms with Crippen LogP contribution in [0, 0.1) is 0 Å². The number of carbonyl (C=O) groups is 1. The van der Waals surface area contributed by atoms with Gasteiger partial charge in [-0.25, -0.2) is 9.79 Å². The Hall–Kier alpha value is -2.15. The van der Waals surface area contributed by atoms with E-state index < -0.39 is 12.0 Å².